The molecule has 0 aliphatic carbocycles. The summed E-state index contributed by atoms with van der Waals surface area (Å²) in [5, 5.41) is 27.5. The largest absolute Gasteiger partial charge is 0.481 e. The Bertz CT molecular complexity index is 448. The van der Waals surface area contributed by atoms with Crippen LogP contribution in [-0.4, -0.2) is 44.3 Å². The fourth-order valence-electron chi connectivity index (χ4n) is 2.05. The van der Waals surface area contributed by atoms with Gasteiger partial charge in [0.1, 0.15) is 0 Å². The lowest BCUT2D eigenvalue weighted by Crippen LogP contribution is -2.40. The molecule has 9 nitrogen and oxygen atoms in total. The second-order valence-electron chi connectivity index (χ2n) is 5.44. The topological polar surface area (TPSA) is 133 Å². The maximum Gasteiger partial charge on any atom is 0.315 e. The number of H-pyrrole nitrogens is 1. The van der Waals surface area contributed by atoms with E-state index >= 15 is 0 Å². The second-order valence-corrected chi connectivity index (χ2v) is 5.44. The third-order valence-electron chi connectivity index (χ3n) is 2.92. The summed E-state index contributed by atoms with van der Waals surface area (Å²) in [5.41, 5.74) is 0. The SMILES string of the molecule is CC(C)CC(CNC(=O)NC(C)c1nn[nH]n1)CC(=O)O. The summed E-state index contributed by atoms with van der Waals surface area (Å²) >= 11 is 0. The molecular weight excluding hydrogens is 276 g/mol. The van der Waals surface area contributed by atoms with Gasteiger partial charge in [0.25, 0.3) is 0 Å². The zero-order valence-electron chi connectivity index (χ0n) is 12.5. The van der Waals surface area contributed by atoms with Crippen LogP contribution in [0.15, 0.2) is 0 Å². The predicted molar refractivity (Wildman–Crippen MR) is 74.3 cm³/mol. The number of tetrazole rings is 1. The van der Waals surface area contributed by atoms with Crippen LogP contribution in [0.4, 0.5) is 4.79 Å². The number of nitrogens with one attached hydrogen (secondary N) is 3. The van der Waals surface area contributed by atoms with E-state index in [4.69, 9.17) is 5.11 Å². The van der Waals surface area contributed by atoms with Crippen LogP contribution in [0.25, 0.3) is 0 Å². The highest BCUT2D eigenvalue weighted by Crippen LogP contribution is 2.14. The van der Waals surface area contributed by atoms with Crippen molar-refractivity contribution in [2.45, 2.75) is 39.7 Å². The van der Waals surface area contributed by atoms with E-state index in [9.17, 15) is 9.59 Å². The molecule has 1 heterocycles. The van der Waals surface area contributed by atoms with Crippen molar-refractivity contribution in [1.82, 2.24) is 31.3 Å². The molecule has 0 aromatic carbocycles. The molecular formula is C12H22N6O3. The van der Waals surface area contributed by atoms with Crippen LogP contribution in [0.2, 0.25) is 0 Å². The minimum atomic E-state index is -0.858. The third-order valence-corrected chi connectivity index (χ3v) is 2.92. The van der Waals surface area contributed by atoms with Crippen LogP contribution < -0.4 is 10.6 Å². The molecule has 0 aliphatic heterocycles. The number of carboxylic acid groups (broad SMARTS) is 1. The lowest BCUT2D eigenvalue weighted by Gasteiger charge is -2.18. The van der Waals surface area contributed by atoms with E-state index in [0.717, 1.165) is 6.42 Å². The maximum atomic E-state index is 11.8. The molecule has 21 heavy (non-hydrogen) atoms. The zero-order chi connectivity index (χ0) is 15.8. The minimum Gasteiger partial charge on any atom is -0.481 e. The molecule has 4 N–H and O–H groups in total. The number of amides is 2. The van der Waals surface area contributed by atoms with E-state index in [1.54, 1.807) is 6.92 Å². The van der Waals surface area contributed by atoms with Crippen LogP contribution in [0.5, 0.6) is 0 Å². The van der Waals surface area contributed by atoms with Crippen molar-refractivity contribution < 1.29 is 14.7 Å². The summed E-state index contributed by atoms with van der Waals surface area (Å²) in [4.78, 5) is 22.6. The number of carbonyl (C=O) groups excluding carboxylic acids is 1. The fourth-order valence-corrected chi connectivity index (χ4v) is 2.05. The summed E-state index contributed by atoms with van der Waals surface area (Å²) in [7, 11) is 0. The highest BCUT2D eigenvalue weighted by atomic mass is 16.4. The number of hydrogen-bond donors (Lipinski definition) is 4. The number of hydrogen-bond acceptors (Lipinski definition) is 5. The van der Waals surface area contributed by atoms with Crippen molar-refractivity contribution in [1.29, 1.82) is 0 Å². The van der Waals surface area contributed by atoms with E-state index < -0.39 is 5.97 Å². The molecule has 0 saturated heterocycles. The van der Waals surface area contributed by atoms with E-state index in [2.05, 4.69) is 31.3 Å². The Morgan fingerprint density at radius 3 is 2.57 bits per heavy atom. The zero-order valence-corrected chi connectivity index (χ0v) is 12.5. The van der Waals surface area contributed by atoms with E-state index in [1.807, 2.05) is 13.8 Å². The first-order chi connectivity index (χ1) is 9.88. The smallest absolute Gasteiger partial charge is 0.315 e. The average molecular weight is 298 g/mol. The molecule has 2 unspecified atom stereocenters. The van der Waals surface area contributed by atoms with Crippen molar-refractivity contribution in [2.75, 3.05) is 6.54 Å². The number of nitrogens with zero attached hydrogens (tertiary/aromatic N) is 3. The molecule has 118 valence electrons. The lowest BCUT2D eigenvalue weighted by atomic mass is 9.94. The molecule has 2 atom stereocenters. The van der Waals surface area contributed by atoms with E-state index in [1.165, 1.54) is 0 Å². The molecule has 1 rings (SSSR count). The minimum absolute atomic E-state index is 0.0405. The van der Waals surface area contributed by atoms with Gasteiger partial charge in [-0.2, -0.15) is 5.21 Å². The highest BCUT2D eigenvalue weighted by Gasteiger charge is 2.17. The molecule has 2 amide bonds. The monoisotopic (exact) mass is 298 g/mol. The standard InChI is InChI=1S/C12H22N6O3/c1-7(2)4-9(5-10(19)20)6-13-12(21)14-8(3)11-15-17-18-16-11/h7-9H,4-6H2,1-3H3,(H,19,20)(H2,13,14,21)(H,15,16,17,18). The van der Waals surface area contributed by atoms with Gasteiger partial charge in [0.05, 0.1) is 6.04 Å². The lowest BCUT2D eigenvalue weighted by molar-refractivity contribution is -0.138. The molecule has 0 bridgehead atoms. The van der Waals surface area contributed by atoms with Gasteiger partial charge in [-0.1, -0.05) is 19.1 Å². The van der Waals surface area contributed by atoms with E-state index in [0.29, 0.717) is 18.3 Å². The van der Waals surface area contributed by atoms with Gasteiger partial charge < -0.3 is 15.7 Å². The number of rotatable bonds is 8. The second kappa shape index (κ2) is 8.18. The maximum absolute atomic E-state index is 11.8. The average Bonchev–Trinajstić information content (AvgIpc) is 2.88. The molecule has 9 heteroatoms. The summed E-state index contributed by atoms with van der Waals surface area (Å²) in [5.74, 6) is -0.191. The Kier molecular flexibility index (Phi) is 6.57. The van der Waals surface area contributed by atoms with Gasteiger partial charge in [-0.15, -0.1) is 10.2 Å². The van der Waals surface area contributed by atoms with Crippen LogP contribution in [0, 0.1) is 11.8 Å². The van der Waals surface area contributed by atoms with Gasteiger partial charge in [0.15, 0.2) is 5.82 Å². The number of urea groups is 1. The van der Waals surface area contributed by atoms with Crippen molar-refractivity contribution in [3.63, 3.8) is 0 Å². The van der Waals surface area contributed by atoms with Crippen LogP contribution in [0.1, 0.15) is 45.5 Å². The van der Waals surface area contributed by atoms with E-state index in [-0.39, 0.29) is 24.4 Å². The highest BCUT2D eigenvalue weighted by molar-refractivity contribution is 5.74. The summed E-state index contributed by atoms with van der Waals surface area (Å²) in [6.07, 6.45) is 0.784. The quantitative estimate of drug-likeness (QED) is 0.558. The Morgan fingerprint density at radius 1 is 1.33 bits per heavy atom. The Morgan fingerprint density at radius 2 is 2.05 bits per heavy atom. The van der Waals surface area contributed by atoms with Crippen LogP contribution in [-0.2, 0) is 4.79 Å². The third kappa shape index (κ3) is 6.68. The van der Waals surface area contributed by atoms with Gasteiger partial charge in [0.2, 0.25) is 0 Å². The number of carboxylic acids is 1. The fraction of sp³-hybridized carbons (Fsp3) is 0.750. The van der Waals surface area contributed by atoms with Gasteiger partial charge in [-0.05, 0) is 25.2 Å². The Labute approximate surface area is 122 Å². The van der Waals surface area contributed by atoms with Crippen molar-refractivity contribution in [3.8, 4) is 0 Å². The molecule has 0 aliphatic rings. The Balaban J connectivity index is 2.40. The summed E-state index contributed by atoms with van der Waals surface area (Å²) in [6.45, 7) is 6.09. The first-order valence-corrected chi connectivity index (χ1v) is 6.88. The predicted octanol–water partition coefficient (Wildman–Crippen LogP) is 0.697. The van der Waals surface area contributed by atoms with Gasteiger partial charge in [-0.3, -0.25) is 4.79 Å². The van der Waals surface area contributed by atoms with Gasteiger partial charge >= 0.3 is 12.0 Å². The number of aromatic amines is 1. The van der Waals surface area contributed by atoms with Gasteiger partial charge in [-0.25, -0.2) is 4.79 Å². The Hall–Kier alpha value is -2.19. The summed E-state index contributed by atoms with van der Waals surface area (Å²) in [6, 6.07) is -0.766. The van der Waals surface area contributed by atoms with Crippen molar-refractivity contribution in [3.05, 3.63) is 5.82 Å². The van der Waals surface area contributed by atoms with Gasteiger partial charge in [0, 0.05) is 13.0 Å². The van der Waals surface area contributed by atoms with Crippen molar-refractivity contribution in [2.24, 2.45) is 11.8 Å². The first-order valence-electron chi connectivity index (χ1n) is 6.88. The summed E-state index contributed by atoms with van der Waals surface area (Å²) < 4.78 is 0. The molecule has 1 aromatic heterocycles. The molecule has 0 radical (unpaired) electrons. The first kappa shape index (κ1) is 16.9. The molecule has 1 aromatic rings. The van der Waals surface area contributed by atoms with Crippen molar-refractivity contribution >= 4 is 12.0 Å². The molecule has 0 saturated carbocycles. The molecule has 0 spiro atoms. The number of aliphatic carboxylic acids is 1. The number of aromatic nitrogens is 4. The normalized spacial score (nSPS) is 13.7. The number of carbonyl (C=O) groups is 2. The van der Waals surface area contributed by atoms with Crippen LogP contribution >= 0.6 is 0 Å². The molecule has 0 fully saturated rings. The van der Waals surface area contributed by atoms with Crippen LogP contribution in [0.3, 0.4) is 0 Å².